The molecule has 124 valence electrons. The van der Waals surface area contributed by atoms with E-state index in [0.29, 0.717) is 5.69 Å². The number of hydrogen-bond donors (Lipinski definition) is 1. The Kier molecular flexibility index (Phi) is 3.82. The highest BCUT2D eigenvalue weighted by Gasteiger charge is 2.18. The summed E-state index contributed by atoms with van der Waals surface area (Å²) in [6, 6.07) is 5.06. The standard InChI is InChI=1S/C15H12FN3O4S/c1-9-4-11(7-18-6-9)19-13(8-23-15(19)20)10-2-3-14(12(16)5-10)24(17,21)22/h2-8H,1H3,(H2,17,21,22). The van der Waals surface area contributed by atoms with Gasteiger partial charge in [-0.3, -0.25) is 4.98 Å². The number of rotatable bonds is 3. The molecule has 3 aromatic rings. The summed E-state index contributed by atoms with van der Waals surface area (Å²) >= 11 is 0. The van der Waals surface area contributed by atoms with Crippen LogP contribution in [0.5, 0.6) is 0 Å². The average Bonchev–Trinajstić information content (AvgIpc) is 2.87. The van der Waals surface area contributed by atoms with Crippen LogP contribution < -0.4 is 10.9 Å². The van der Waals surface area contributed by atoms with E-state index in [-0.39, 0.29) is 11.3 Å². The van der Waals surface area contributed by atoms with Crippen molar-refractivity contribution in [2.45, 2.75) is 11.8 Å². The molecule has 0 saturated carbocycles. The second-order valence-electron chi connectivity index (χ2n) is 5.13. The number of pyridine rings is 1. The molecule has 0 saturated heterocycles. The molecule has 0 aliphatic carbocycles. The molecule has 2 heterocycles. The topological polar surface area (TPSA) is 108 Å². The van der Waals surface area contributed by atoms with Crippen LogP contribution in [0.25, 0.3) is 16.9 Å². The van der Waals surface area contributed by atoms with E-state index in [4.69, 9.17) is 9.56 Å². The molecule has 0 atom stereocenters. The molecular formula is C15H12FN3O4S. The summed E-state index contributed by atoms with van der Waals surface area (Å²) in [6.07, 6.45) is 4.24. The lowest BCUT2D eigenvalue weighted by molar-refractivity contribution is 0.504. The molecule has 7 nitrogen and oxygen atoms in total. The van der Waals surface area contributed by atoms with Crippen molar-refractivity contribution in [2.24, 2.45) is 5.14 Å². The number of benzene rings is 1. The van der Waals surface area contributed by atoms with Crippen molar-refractivity contribution in [3.8, 4) is 16.9 Å². The minimum atomic E-state index is -4.17. The van der Waals surface area contributed by atoms with Gasteiger partial charge < -0.3 is 4.42 Å². The van der Waals surface area contributed by atoms with Crippen molar-refractivity contribution in [3.63, 3.8) is 0 Å². The third-order valence-corrected chi connectivity index (χ3v) is 4.29. The van der Waals surface area contributed by atoms with Gasteiger partial charge in [0.1, 0.15) is 17.0 Å². The first kappa shape index (κ1) is 16.1. The summed E-state index contributed by atoms with van der Waals surface area (Å²) < 4.78 is 42.7. The van der Waals surface area contributed by atoms with Gasteiger partial charge >= 0.3 is 5.76 Å². The van der Waals surface area contributed by atoms with E-state index in [1.54, 1.807) is 12.3 Å². The highest BCUT2D eigenvalue weighted by molar-refractivity contribution is 7.89. The molecule has 0 radical (unpaired) electrons. The van der Waals surface area contributed by atoms with E-state index in [9.17, 15) is 17.6 Å². The molecular weight excluding hydrogens is 337 g/mol. The van der Waals surface area contributed by atoms with Crippen LogP contribution >= 0.6 is 0 Å². The zero-order chi connectivity index (χ0) is 17.5. The second-order valence-corrected chi connectivity index (χ2v) is 6.66. The summed E-state index contributed by atoms with van der Waals surface area (Å²) in [5.74, 6) is -1.69. The lowest BCUT2D eigenvalue weighted by atomic mass is 10.1. The summed E-state index contributed by atoms with van der Waals surface area (Å²) in [5.41, 5.74) is 1.78. The van der Waals surface area contributed by atoms with Crippen molar-refractivity contribution in [2.75, 3.05) is 0 Å². The van der Waals surface area contributed by atoms with Gasteiger partial charge in [0, 0.05) is 11.8 Å². The first-order valence-corrected chi connectivity index (χ1v) is 8.27. The lowest BCUT2D eigenvalue weighted by Crippen LogP contribution is -2.15. The summed E-state index contributed by atoms with van der Waals surface area (Å²) in [7, 11) is -4.17. The second kappa shape index (κ2) is 5.69. The Morgan fingerprint density at radius 3 is 2.62 bits per heavy atom. The van der Waals surface area contributed by atoms with Crippen LogP contribution in [0.3, 0.4) is 0 Å². The Hall–Kier alpha value is -2.78. The highest BCUT2D eigenvalue weighted by Crippen LogP contribution is 2.25. The molecule has 0 aliphatic rings. The maximum Gasteiger partial charge on any atom is 0.424 e. The molecule has 9 heteroatoms. The SMILES string of the molecule is Cc1cncc(-n2c(-c3ccc(S(N)(=O)=O)c(F)c3)coc2=O)c1. The van der Waals surface area contributed by atoms with Gasteiger partial charge in [-0.1, -0.05) is 6.07 Å². The monoisotopic (exact) mass is 349 g/mol. The fourth-order valence-corrected chi connectivity index (χ4v) is 2.89. The first-order chi connectivity index (χ1) is 11.3. The zero-order valence-corrected chi connectivity index (χ0v) is 13.2. The molecule has 3 rings (SSSR count). The van der Waals surface area contributed by atoms with Gasteiger partial charge in [-0.15, -0.1) is 0 Å². The van der Waals surface area contributed by atoms with Gasteiger partial charge in [0.25, 0.3) is 0 Å². The van der Waals surface area contributed by atoms with E-state index in [1.807, 2.05) is 6.92 Å². The molecule has 0 spiro atoms. The molecule has 2 aromatic heterocycles. The maximum absolute atomic E-state index is 14.0. The Morgan fingerprint density at radius 2 is 2.00 bits per heavy atom. The number of sulfonamides is 1. The quantitative estimate of drug-likeness (QED) is 0.772. The number of aryl methyl sites for hydroxylation is 1. The Bertz CT molecular complexity index is 1090. The predicted octanol–water partition coefficient (Wildman–Crippen LogP) is 1.59. The van der Waals surface area contributed by atoms with Crippen molar-refractivity contribution in [1.82, 2.24) is 9.55 Å². The van der Waals surface area contributed by atoms with E-state index in [1.165, 1.54) is 16.8 Å². The molecule has 0 fully saturated rings. The van der Waals surface area contributed by atoms with E-state index in [2.05, 4.69) is 4.98 Å². The number of halogens is 1. The molecule has 1 aromatic carbocycles. The normalized spacial score (nSPS) is 11.6. The Balaban J connectivity index is 2.19. The zero-order valence-electron chi connectivity index (χ0n) is 12.4. The fraction of sp³-hybridized carbons (Fsp3) is 0.0667. The van der Waals surface area contributed by atoms with E-state index < -0.39 is 26.5 Å². The summed E-state index contributed by atoms with van der Waals surface area (Å²) in [4.78, 5) is 15.4. The lowest BCUT2D eigenvalue weighted by Gasteiger charge is -2.08. The molecule has 0 amide bonds. The van der Waals surface area contributed by atoms with Gasteiger partial charge in [0.05, 0.1) is 17.6 Å². The summed E-state index contributed by atoms with van der Waals surface area (Å²) in [5, 5.41) is 4.94. The van der Waals surface area contributed by atoms with Crippen molar-refractivity contribution in [3.05, 3.63) is 64.9 Å². The van der Waals surface area contributed by atoms with Gasteiger partial charge in [0.15, 0.2) is 0 Å². The first-order valence-electron chi connectivity index (χ1n) is 6.72. The van der Waals surface area contributed by atoms with Crippen LogP contribution in [-0.4, -0.2) is 18.0 Å². The number of aromatic nitrogens is 2. The van der Waals surface area contributed by atoms with Crippen LogP contribution in [0.2, 0.25) is 0 Å². The third-order valence-electron chi connectivity index (χ3n) is 3.35. The number of nitrogens with zero attached hydrogens (tertiary/aromatic N) is 2. The van der Waals surface area contributed by atoms with Crippen LogP contribution in [0.1, 0.15) is 5.56 Å². The van der Waals surface area contributed by atoms with Gasteiger partial charge in [-0.25, -0.2) is 27.3 Å². The van der Waals surface area contributed by atoms with Crippen molar-refractivity contribution < 1.29 is 17.2 Å². The third kappa shape index (κ3) is 2.86. The Morgan fingerprint density at radius 1 is 1.25 bits per heavy atom. The molecule has 0 aliphatic heterocycles. The minimum Gasteiger partial charge on any atom is -0.415 e. The molecule has 2 N–H and O–H groups in total. The minimum absolute atomic E-state index is 0.257. The van der Waals surface area contributed by atoms with Crippen LogP contribution in [-0.2, 0) is 10.0 Å². The van der Waals surface area contributed by atoms with Gasteiger partial charge in [0.2, 0.25) is 10.0 Å². The maximum atomic E-state index is 14.0. The molecule has 24 heavy (non-hydrogen) atoms. The van der Waals surface area contributed by atoms with Gasteiger partial charge in [-0.05, 0) is 30.7 Å². The average molecular weight is 349 g/mol. The number of nitrogens with two attached hydrogens (primary N) is 1. The largest absolute Gasteiger partial charge is 0.424 e. The Labute approximate surface area is 136 Å². The number of oxazole rings is 1. The van der Waals surface area contributed by atoms with Crippen LogP contribution in [0.15, 0.2) is 57.0 Å². The predicted molar refractivity (Wildman–Crippen MR) is 83.6 cm³/mol. The van der Waals surface area contributed by atoms with E-state index in [0.717, 1.165) is 24.0 Å². The highest BCUT2D eigenvalue weighted by atomic mass is 32.2. The molecule has 0 unspecified atom stereocenters. The van der Waals surface area contributed by atoms with E-state index >= 15 is 0 Å². The summed E-state index contributed by atoms with van der Waals surface area (Å²) in [6.45, 7) is 1.81. The number of hydrogen-bond acceptors (Lipinski definition) is 5. The van der Waals surface area contributed by atoms with Gasteiger partial charge in [-0.2, -0.15) is 0 Å². The molecule has 0 bridgehead atoms. The van der Waals surface area contributed by atoms with Crippen LogP contribution in [0.4, 0.5) is 4.39 Å². The smallest absolute Gasteiger partial charge is 0.415 e. The van der Waals surface area contributed by atoms with Crippen molar-refractivity contribution in [1.29, 1.82) is 0 Å². The van der Waals surface area contributed by atoms with Crippen LogP contribution in [0, 0.1) is 12.7 Å². The fourth-order valence-electron chi connectivity index (χ4n) is 2.30. The van der Waals surface area contributed by atoms with Crippen molar-refractivity contribution >= 4 is 10.0 Å². The number of primary sulfonamides is 1.